The number of halogens is 1. The number of benzene rings is 1. The summed E-state index contributed by atoms with van der Waals surface area (Å²) < 4.78 is 0. The Morgan fingerprint density at radius 1 is 1.21 bits per heavy atom. The molecule has 3 aromatic rings. The molecule has 19 heavy (non-hydrogen) atoms. The number of aryl methyl sites for hydroxylation is 2. The van der Waals surface area contributed by atoms with Gasteiger partial charge in [0.15, 0.2) is 0 Å². The number of aromatic amines is 1. The Labute approximate surface area is 118 Å². The van der Waals surface area contributed by atoms with Crippen molar-refractivity contribution < 1.29 is 0 Å². The van der Waals surface area contributed by atoms with Crippen LogP contribution in [0.4, 0.5) is 0 Å². The Bertz CT molecular complexity index is 818. The molecule has 1 N–H and O–H groups in total. The molecule has 0 spiro atoms. The fraction of sp³-hybridized carbons (Fsp3) is 0.143. The third-order valence-corrected chi connectivity index (χ3v) is 4.24. The summed E-state index contributed by atoms with van der Waals surface area (Å²) in [5.74, 6) is 0.640. The second kappa shape index (κ2) is 4.47. The zero-order valence-corrected chi connectivity index (χ0v) is 12.0. The van der Waals surface area contributed by atoms with Gasteiger partial charge in [0.2, 0.25) is 0 Å². The number of fused-ring (bicyclic) bond motifs is 1. The van der Waals surface area contributed by atoms with Crippen LogP contribution in [0, 0.1) is 13.8 Å². The molecule has 0 aliphatic carbocycles. The Balaban J connectivity index is 2.38. The number of hydrogen-bond acceptors (Lipinski definition) is 3. The van der Waals surface area contributed by atoms with Crippen molar-refractivity contribution >= 4 is 33.2 Å². The predicted molar refractivity (Wildman–Crippen MR) is 80.2 cm³/mol. The predicted octanol–water partition coefficient (Wildman–Crippen LogP) is 3.92. The quantitative estimate of drug-likeness (QED) is 0.738. The van der Waals surface area contributed by atoms with Crippen molar-refractivity contribution in [3.63, 3.8) is 0 Å². The average Bonchev–Trinajstić information content (AvgIpc) is 2.66. The first-order chi connectivity index (χ1) is 9.06. The number of thiophene rings is 1. The van der Waals surface area contributed by atoms with Gasteiger partial charge in [0.1, 0.15) is 10.7 Å². The number of H-pyrrole nitrogens is 1. The topological polar surface area (TPSA) is 45.8 Å². The first kappa shape index (κ1) is 12.4. The smallest absolute Gasteiger partial charge is 0.260 e. The molecule has 96 valence electrons. The van der Waals surface area contributed by atoms with E-state index in [0.717, 1.165) is 20.8 Å². The molecule has 0 aliphatic rings. The van der Waals surface area contributed by atoms with Crippen LogP contribution in [0.25, 0.3) is 21.3 Å². The Morgan fingerprint density at radius 3 is 2.58 bits per heavy atom. The van der Waals surface area contributed by atoms with Crippen molar-refractivity contribution in [1.29, 1.82) is 0 Å². The molecule has 0 atom stereocenters. The van der Waals surface area contributed by atoms with Gasteiger partial charge in [-0.25, -0.2) is 4.98 Å². The Hall–Kier alpha value is -1.65. The third kappa shape index (κ3) is 2.07. The minimum atomic E-state index is -0.0863. The molecule has 2 aromatic heterocycles. The van der Waals surface area contributed by atoms with E-state index in [-0.39, 0.29) is 5.56 Å². The summed E-state index contributed by atoms with van der Waals surface area (Å²) in [6, 6.07) is 7.51. The second-order valence-corrected chi connectivity index (χ2v) is 6.01. The van der Waals surface area contributed by atoms with E-state index in [1.54, 1.807) is 18.3 Å². The van der Waals surface area contributed by atoms with Crippen LogP contribution in [0.1, 0.15) is 10.7 Å². The van der Waals surface area contributed by atoms with Gasteiger partial charge in [-0.2, -0.15) is 0 Å². The van der Waals surface area contributed by atoms with E-state index in [9.17, 15) is 4.79 Å². The van der Waals surface area contributed by atoms with Crippen LogP contribution in [-0.2, 0) is 0 Å². The minimum Gasteiger partial charge on any atom is -0.310 e. The van der Waals surface area contributed by atoms with E-state index in [0.29, 0.717) is 16.2 Å². The molecule has 0 aliphatic heterocycles. The number of hydrogen-bond donors (Lipinski definition) is 1. The van der Waals surface area contributed by atoms with Gasteiger partial charge in [-0.3, -0.25) is 4.79 Å². The van der Waals surface area contributed by atoms with Gasteiger partial charge < -0.3 is 4.98 Å². The Kier molecular flexibility index (Phi) is 2.92. The number of nitrogens with zero attached hydrogens (tertiary/aromatic N) is 1. The maximum Gasteiger partial charge on any atom is 0.260 e. The highest BCUT2D eigenvalue weighted by Crippen LogP contribution is 2.35. The standard InChI is InChI=1S/C14H11ClN2OS/c1-7-11(9-3-5-10(15)6-4-9)12-13(18)16-8(2)17-14(12)19-7/h3-6H,1-2H3,(H,16,17,18). The first-order valence-corrected chi connectivity index (χ1v) is 7.01. The maximum absolute atomic E-state index is 12.2. The zero-order valence-electron chi connectivity index (χ0n) is 10.5. The lowest BCUT2D eigenvalue weighted by Crippen LogP contribution is -2.08. The average molecular weight is 291 g/mol. The van der Waals surface area contributed by atoms with Gasteiger partial charge >= 0.3 is 0 Å². The van der Waals surface area contributed by atoms with Gasteiger partial charge in [-0.15, -0.1) is 11.3 Å². The lowest BCUT2D eigenvalue weighted by molar-refractivity contribution is 1.07. The monoisotopic (exact) mass is 290 g/mol. The lowest BCUT2D eigenvalue weighted by atomic mass is 10.0. The van der Waals surface area contributed by atoms with Crippen LogP contribution in [0.2, 0.25) is 5.02 Å². The summed E-state index contributed by atoms with van der Waals surface area (Å²) in [6.07, 6.45) is 0. The van der Waals surface area contributed by atoms with Crippen molar-refractivity contribution in [2.75, 3.05) is 0 Å². The van der Waals surface area contributed by atoms with Gasteiger partial charge in [0, 0.05) is 15.5 Å². The van der Waals surface area contributed by atoms with Crippen LogP contribution >= 0.6 is 22.9 Å². The lowest BCUT2D eigenvalue weighted by Gasteiger charge is -2.02. The minimum absolute atomic E-state index is 0.0863. The van der Waals surface area contributed by atoms with Crippen molar-refractivity contribution in [2.24, 2.45) is 0 Å². The highest BCUT2D eigenvalue weighted by Gasteiger charge is 2.15. The molecule has 0 bridgehead atoms. The molecule has 3 rings (SSSR count). The van der Waals surface area contributed by atoms with E-state index in [2.05, 4.69) is 9.97 Å². The van der Waals surface area contributed by atoms with Crippen LogP contribution in [-0.4, -0.2) is 9.97 Å². The zero-order chi connectivity index (χ0) is 13.6. The molecule has 0 saturated carbocycles. The first-order valence-electron chi connectivity index (χ1n) is 5.82. The van der Waals surface area contributed by atoms with Crippen LogP contribution in [0.15, 0.2) is 29.1 Å². The fourth-order valence-electron chi connectivity index (χ4n) is 2.19. The van der Waals surface area contributed by atoms with Crippen molar-refractivity contribution in [3.8, 4) is 11.1 Å². The number of rotatable bonds is 1. The van der Waals surface area contributed by atoms with E-state index >= 15 is 0 Å². The van der Waals surface area contributed by atoms with E-state index < -0.39 is 0 Å². The number of nitrogens with one attached hydrogen (secondary N) is 1. The molecule has 3 nitrogen and oxygen atoms in total. The normalized spacial score (nSPS) is 11.1. The van der Waals surface area contributed by atoms with Crippen LogP contribution in [0.5, 0.6) is 0 Å². The third-order valence-electron chi connectivity index (χ3n) is 2.99. The second-order valence-electron chi connectivity index (χ2n) is 4.37. The van der Waals surface area contributed by atoms with Crippen LogP contribution in [0.3, 0.4) is 0 Å². The molecule has 0 amide bonds. The molecular weight excluding hydrogens is 280 g/mol. The molecule has 5 heteroatoms. The van der Waals surface area contributed by atoms with Crippen molar-refractivity contribution in [1.82, 2.24) is 9.97 Å². The summed E-state index contributed by atoms with van der Waals surface area (Å²) in [7, 11) is 0. The largest absolute Gasteiger partial charge is 0.310 e. The summed E-state index contributed by atoms with van der Waals surface area (Å²) in [4.78, 5) is 21.2. The number of aromatic nitrogens is 2. The van der Waals surface area contributed by atoms with Crippen LogP contribution < -0.4 is 5.56 Å². The molecular formula is C14H11ClN2OS. The summed E-state index contributed by atoms with van der Waals surface area (Å²) in [5.41, 5.74) is 1.85. The van der Waals surface area contributed by atoms with Crippen molar-refractivity contribution in [2.45, 2.75) is 13.8 Å². The van der Waals surface area contributed by atoms with E-state index in [4.69, 9.17) is 11.6 Å². The summed E-state index contributed by atoms with van der Waals surface area (Å²) in [6.45, 7) is 3.79. The summed E-state index contributed by atoms with van der Waals surface area (Å²) >= 11 is 7.45. The fourth-order valence-corrected chi connectivity index (χ4v) is 3.41. The molecule has 1 aromatic carbocycles. The Morgan fingerprint density at radius 2 is 1.89 bits per heavy atom. The molecule has 2 heterocycles. The highest BCUT2D eigenvalue weighted by molar-refractivity contribution is 7.19. The molecule has 0 unspecified atom stereocenters. The SMILES string of the molecule is Cc1nc2sc(C)c(-c3ccc(Cl)cc3)c2c(=O)[nH]1. The molecule has 0 fully saturated rings. The molecule has 0 saturated heterocycles. The molecule has 0 radical (unpaired) electrons. The van der Waals surface area contributed by atoms with E-state index in [1.807, 2.05) is 31.2 Å². The summed E-state index contributed by atoms with van der Waals surface area (Å²) in [5, 5.41) is 1.35. The van der Waals surface area contributed by atoms with Gasteiger partial charge in [-0.1, -0.05) is 23.7 Å². The van der Waals surface area contributed by atoms with Crippen molar-refractivity contribution in [3.05, 3.63) is 50.3 Å². The van der Waals surface area contributed by atoms with Gasteiger partial charge in [0.05, 0.1) is 5.39 Å². The van der Waals surface area contributed by atoms with E-state index in [1.165, 1.54) is 0 Å². The highest BCUT2D eigenvalue weighted by atomic mass is 35.5. The van der Waals surface area contributed by atoms with Gasteiger partial charge in [-0.05, 0) is 31.5 Å². The maximum atomic E-state index is 12.2. The van der Waals surface area contributed by atoms with Gasteiger partial charge in [0.25, 0.3) is 5.56 Å².